The summed E-state index contributed by atoms with van der Waals surface area (Å²) in [5, 5.41) is 2.79. The van der Waals surface area contributed by atoms with Crippen LogP contribution in [0.25, 0.3) is 0 Å². The smallest absolute Gasteiger partial charge is 0.353 e. The van der Waals surface area contributed by atoms with Crippen LogP contribution in [-0.2, 0) is 20.8 Å². The first-order valence-electron chi connectivity index (χ1n) is 7.84. The predicted octanol–water partition coefficient (Wildman–Crippen LogP) is 2.50. The molecule has 4 nitrogen and oxygen atoms in total. The molecule has 8 heteroatoms. The molecule has 1 heterocycles. The van der Waals surface area contributed by atoms with E-state index in [-0.39, 0.29) is 29.0 Å². The van der Waals surface area contributed by atoms with Crippen LogP contribution in [0.15, 0.2) is 24.3 Å². The van der Waals surface area contributed by atoms with Crippen LogP contribution in [0.4, 0.5) is 13.2 Å². The number of carbonyl (C=O) groups is 1. The maximum Gasteiger partial charge on any atom is 0.416 e. The zero-order valence-electron chi connectivity index (χ0n) is 12.8. The van der Waals surface area contributed by atoms with Gasteiger partial charge in [-0.3, -0.25) is 4.79 Å². The molecule has 0 spiro atoms. The number of halogens is 3. The van der Waals surface area contributed by atoms with E-state index in [9.17, 15) is 26.4 Å². The molecule has 2 fully saturated rings. The van der Waals surface area contributed by atoms with Crippen molar-refractivity contribution in [3.63, 3.8) is 0 Å². The summed E-state index contributed by atoms with van der Waals surface area (Å²) >= 11 is 0. The Hall–Kier alpha value is -1.57. The second-order valence-electron chi connectivity index (χ2n) is 6.47. The van der Waals surface area contributed by atoms with E-state index in [1.165, 1.54) is 12.1 Å². The summed E-state index contributed by atoms with van der Waals surface area (Å²) in [5.41, 5.74) is -0.523. The van der Waals surface area contributed by atoms with Gasteiger partial charge in [-0.05, 0) is 36.8 Å². The highest BCUT2D eigenvalue weighted by molar-refractivity contribution is 7.91. The van der Waals surface area contributed by atoms with Crippen molar-refractivity contribution in [3.8, 4) is 0 Å². The summed E-state index contributed by atoms with van der Waals surface area (Å²) in [4.78, 5) is 12.2. The van der Waals surface area contributed by atoms with E-state index in [1.807, 2.05) is 0 Å². The molecule has 1 aliphatic carbocycles. The lowest BCUT2D eigenvalue weighted by atomic mass is 10.0. The van der Waals surface area contributed by atoms with Crippen molar-refractivity contribution in [2.45, 2.75) is 37.4 Å². The first-order valence-corrected chi connectivity index (χ1v) is 9.66. The molecule has 1 aromatic carbocycles. The third kappa shape index (κ3) is 3.74. The van der Waals surface area contributed by atoms with Gasteiger partial charge >= 0.3 is 6.18 Å². The highest BCUT2D eigenvalue weighted by atomic mass is 32.2. The van der Waals surface area contributed by atoms with Crippen LogP contribution in [0.2, 0.25) is 0 Å². The Bertz CT molecular complexity index is 731. The molecular weight excluding hydrogens is 343 g/mol. The fourth-order valence-corrected chi connectivity index (χ4v) is 4.74. The van der Waals surface area contributed by atoms with Crippen LogP contribution in [0.3, 0.4) is 0 Å². The van der Waals surface area contributed by atoms with Gasteiger partial charge in [0.05, 0.1) is 17.1 Å². The normalized spacial score (nSPS) is 26.8. The Kier molecular flexibility index (Phi) is 4.36. The molecular formula is C16H18F3NO3S. The first-order chi connectivity index (χ1) is 11.2. The average molecular weight is 361 g/mol. The van der Waals surface area contributed by atoms with E-state index >= 15 is 0 Å². The lowest BCUT2D eigenvalue weighted by Gasteiger charge is -2.23. The van der Waals surface area contributed by atoms with Gasteiger partial charge in [-0.1, -0.05) is 18.2 Å². The molecule has 1 saturated carbocycles. The molecule has 24 heavy (non-hydrogen) atoms. The quantitative estimate of drug-likeness (QED) is 0.900. The number of carbonyl (C=O) groups excluding carboxylic acids is 1. The molecule has 2 atom stereocenters. The Morgan fingerprint density at radius 2 is 1.75 bits per heavy atom. The summed E-state index contributed by atoms with van der Waals surface area (Å²) in [5.74, 6) is -1.07. The van der Waals surface area contributed by atoms with Crippen LogP contribution < -0.4 is 5.32 Å². The molecule has 132 valence electrons. The Morgan fingerprint density at radius 1 is 1.12 bits per heavy atom. The van der Waals surface area contributed by atoms with Crippen LogP contribution in [0.1, 0.15) is 36.3 Å². The topological polar surface area (TPSA) is 63.2 Å². The van der Waals surface area contributed by atoms with E-state index in [2.05, 4.69) is 5.32 Å². The van der Waals surface area contributed by atoms with Crippen LogP contribution in [0, 0.1) is 5.92 Å². The minimum Gasteiger partial charge on any atom is -0.353 e. The fourth-order valence-electron chi connectivity index (χ4n) is 3.25. The van der Waals surface area contributed by atoms with Gasteiger partial charge in [0.2, 0.25) is 5.91 Å². The minimum atomic E-state index is -4.43. The molecule has 1 N–H and O–H groups in total. The SMILES string of the molecule is O=C(NC1CCS(=O)(=O)CC1)[C@@H]1C[C@H]1c1ccccc1C(F)(F)F. The van der Waals surface area contributed by atoms with Gasteiger partial charge in [0.15, 0.2) is 0 Å². The van der Waals surface area contributed by atoms with Gasteiger partial charge in [-0.25, -0.2) is 8.42 Å². The van der Waals surface area contributed by atoms with E-state index in [0.717, 1.165) is 6.07 Å². The molecule has 0 aromatic heterocycles. The second-order valence-corrected chi connectivity index (χ2v) is 8.77. The van der Waals surface area contributed by atoms with Crippen LogP contribution in [-0.4, -0.2) is 31.9 Å². The van der Waals surface area contributed by atoms with Crippen molar-refractivity contribution in [2.75, 3.05) is 11.5 Å². The third-order valence-corrected chi connectivity index (χ3v) is 6.41. The van der Waals surface area contributed by atoms with Crippen molar-refractivity contribution >= 4 is 15.7 Å². The molecule has 1 aliphatic heterocycles. The highest BCUT2D eigenvalue weighted by Crippen LogP contribution is 2.51. The number of nitrogens with one attached hydrogen (secondary N) is 1. The van der Waals surface area contributed by atoms with Crippen LogP contribution >= 0.6 is 0 Å². The zero-order valence-corrected chi connectivity index (χ0v) is 13.7. The Morgan fingerprint density at radius 3 is 2.38 bits per heavy atom. The van der Waals surface area contributed by atoms with E-state index in [1.54, 1.807) is 6.07 Å². The molecule has 3 rings (SSSR count). The van der Waals surface area contributed by atoms with E-state index in [0.29, 0.717) is 19.3 Å². The van der Waals surface area contributed by atoms with Crippen molar-refractivity contribution < 1.29 is 26.4 Å². The standard InChI is InChI=1S/C16H18F3NO3S/c17-16(18,19)14-4-2-1-3-11(14)12-9-13(12)15(21)20-10-5-7-24(22,23)8-6-10/h1-4,10,12-13H,5-9H2,(H,20,21)/t12-,13+/m0/s1. The van der Waals surface area contributed by atoms with E-state index < -0.39 is 33.4 Å². The number of amides is 1. The van der Waals surface area contributed by atoms with Gasteiger partial charge in [0.1, 0.15) is 9.84 Å². The van der Waals surface area contributed by atoms with Crippen LogP contribution in [0.5, 0.6) is 0 Å². The zero-order chi connectivity index (χ0) is 17.5. The van der Waals surface area contributed by atoms with Gasteiger partial charge in [0, 0.05) is 12.0 Å². The summed E-state index contributed by atoms with van der Waals surface area (Å²) in [6, 6.07) is 5.14. The van der Waals surface area contributed by atoms with Crippen molar-refractivity contribution in [3.05, 3.63) is 35.4 Å². The predicted molar refractivity (Wildman–Crippen MR) is 82.1 cm³/mol. The molecule has 0 unspecified atom stereocenters. The summed E-state index contributed by atoms with van der Waals surface area (Å²) in [6.45, 7) is 0. The first kappa shape index (κ1) is 17.3. The Balaban J connectivity index is 1.63. The number of sulfone groups is 1. The number of hydrogen-bond donors (Lipinski definition) is 1. The van der Waals surface area contributed by atoms with Gasteiger partial charge in [-0.15, -0.1) is 0 Å². The Labute approximate surface area is 138 Å². The summed E-state index contributed by atoms with van der Waals surface area (Å²) in [6.07, 6.45) is -3.31. The number of hydrogen-bond acceptors (Lipinski definition) is 3. The molecule has 1 aromatic rings. The number of alkyl halides is 3. The largest absolute Gasteiger partial charge is 0.416 e. The molecule has 1 saturated heterocycles. The lowest BCUT2D eigenvalue weighted by molar-refractivity contribution is -0.138. The molecule has 2 aliphatic rings. The third-order valence-electron chi connectivity index (χ3n) is 4.69. The van der Waals surface area contributed by atoms with Gasteiger partial charge < -0.3 is 5.32 Å². The maximum absolute atomic E-state index is 13.1. The van der Waals surface area contributed by atoms with Crippen molar-refractivity contribution in [1.29, 1.82) is 0 Å². The fraction of sp³-hybridized carbons (Fsp3) is 0.562. The van der Waals surface area contributed by atoms with Crippen molar-refractivity contribution in [2.24, 2.45) is 5.92 Å². The molecule has 0 bridgehead atoms. The second kappa shape index (κ2) is 6.06. The highest BCUT2D eigenvalue weighted by Gasteiger charge is 2.48. The number of rotatable bonds is 3. The molecule has 0 radical (unpaired) electrons. The summed E-state index contributed by atoms with van der Waals surface area (Å²) in [7, 11) is -3.01. The van der Waals surface area contributed by atoms with Crippen molar-refractivity contribution in [1.82, 2.24) is 5.32 Å². The van der Waals surface area contributed by atoms with Gasteiger partial charge in [0.25, 0.3) is 0 Å². The summed E-state index contributed by atoms with van der Waals surface area (Å²) < 4.78 is 61.9. The van der Waals surface area contributed by atoms with Gasteiger partial charge in [-0.2, -0.15) is 13.2 Å². The number of benzene rings is 1. The average Bonchev–Trinajstić information content (AvgIpc) is 3.29. The molecule has 1 amide bonds. The van der Waals surface area contributed by atoms with E-state index in [4.69, 9.17) is 0 Å². The minimum absolute atomic E-state index is 0.0446. The monoisotopic (exact) mass is 361 g/mol. The lowest BCUT2D eigenvalue weighted by Crippen LogP contribution is -2.41. The maximum atomic E-state index is 13.1.